The zero-order chi connectivity index (χ0) is 13.5. The van der Waals surface area contributed by atoms with Gasteiger partial charge in [0.2, 0.25) is 0 Å². The van der Waals surface area contributed by atoms with Gasteiger partial charge in [-0.3, -0.25) is 0 Å². The van der Waals surface area contributed by atoms with Crippen molar-refractivity contribution in [1.29, 1.82) is 0 Å². The second-order valence-corrected chi connectivity index (χ2v) is 5.47. The zero-order valence-electron chi connectivity index (χ0n) is 12.1. The Hall–Kier alpha value is -0.390. The normalized spacial score (nSPS) is 19.6. The van der Waals surface area contributed by atoms with Gasteiger partial charge >= 0.3 is 0 Å². The molecule has 5 heteroatoms. The standard InChI is InChI=1S/C13H27N3OS/c1-5-16-8-6-12(7-9-16)15(3)13(18)14-11(2)10-17-4/h11-12H,5-10H2,1-4H3,(H,14,18). The first-order valence-electron chi connectivity index (χ1n) is 6.83. The average Bonchev–Trinajstić information content (AvgIpc) is 2.38. The highest BCUT2D eigenvalue weighted by molar-refractivity contribution is 7.80. The van der Waals surface area contributed by atoms with Gasteiger partial charge in [-0.1, -0.05) is 6.92 Å². The molecule has 1 rings (SSSR count). The number of ether oxygens (including phenoxy) is 1. The Morgan fingerprint density at radius 2 is 2.11 bits per heavy atom. The van der Waals surface area contributed by atoms with Gasteiger partial charge in [0.05, 0.1) is 6.61 Å². The van der Waals surface area contributed by atoms with Crippen LogP contribution >= 0.6 is 12.2 Å². The summed E-state index contributed by atoms with van der Waals surface area (Å²) < 4.78 is 5.11. The van der Waals surface area contributed by atoms with E-state index >= 15 is 0 Å². The van der Waals surface area contributed by atoms with Crippen molar-refractivity contribution in [3.63, 3.8) is 0 Å². The molecule has 4 nitrogen and oxygen atoms in total. The van der Waals surface area contributed by atoms with E-state index in [0.29, 0.717) is 12.6 Å². The number of rotatable bonds is 5. The molecule has 18 heavy (non-hydrogen) atoms. The molecule has 1 unspecified atom stereocenters. The van der Waals surface area contributed by atoms with Crippen molar-refractivity contribution < 1.29 is 4.74 Å². The van der Waals surface area contributed by atoms with E-state index in [1.165, 1.54) is 25.9 Å². The second kappa shape index (κ2) is 7.92. The first kappa shape index (κ1) is 15.7. The number of nitrogens with one attached hydrogen (secondary N) is 1. The first-order valence-corrected chi connectivity index (χ1v) is 7.23. The Morgan fingerprint density at radius 3 is 2.61 bits per heavy atom. The molecule has 0 amide bonds. The quantitative estimate of drug-likeness (QED) is 0.763. The molecule has 0 aliphatic carbocycles. The molecule has 1 atom stereocenters. The van der Waals surface area contributed by atoms with Gasteiger partial charge in [-0.15, -0.1) is 0 Å². The number of methoxy groups -OCH3 is 1. The highest BCUT2D eigenvalue weighted by Crippen LogP contribution is 2.15. The lowest BCUT2D eigenvalue weighted by Gasteiger charge is -2.38. The number of hydrogen-bond donors (Lipinski definition) is 1. The van der Waals surface area contributed by atoms with Crippen molar-refractivity contribution in [3.05, 3.63) is 0 Å². The molecule has 1 N–H and O–H groups in total. The minimum atomic E-state index is 0.265. The fourth-order valence-corrected chi connectivity index (χ4v) is 2.74. The maximum Gasteiger partial charge on any atom is 0.169 e. The predicted molar refractivity (Wildman–Crippen MR) is 80.0 cm³/mol. The van der Waals surface area contributed by atoms with Crippen molar-refractivity contribution in [2.75, 3.05) is 40.4 Å². The average molecular weight is 273 g/mol. The van der Waals surface area contributed by atoms with Gasteiger partial charge < -0.3 is 19.9 Å². The summed E-state index contributed by atoms with van der Waals surface area (Å²) in [5.41, 5.74) is 0. The molecule has 1 aliphatic heterocycles. The highest BCUT2D eigenvalue weighted by atomic mass is 32.1. The van der Waals surface area contributed by atoms with Crippen molar-refractivity contribution in [2.45, 2.75) is 38.8 Å². The van der Waals surface area contributed by atoms with Gasteiger partial charge in [0.15, 0.2) is 5.11 Å². The van der Waals surface area contributed by atoms with E-state index in [-0.39, 0.29) is 6.04 Å². The van der Waals surface area contributed by atoms with Gasteiger partial charge in [-0.25, -0.2) is 0 Å². The fraction of sp³-hybridized carbons (Fsp3) is 0.923. The smallest absolute Gasteiger partial charge is 0.169 e. The maximum absolute atomic E-state index is 5.45. The second-order valence-electron chi connectivity index (χ2n) is 5.08. The van der Waals surface area contributed by atoms with E-state index in [2.05, 4.69) is 36.0 Å². The number of likely N-dealkylation sites (tertiary alicyclic amines) is 1. The minimum Gasteiger partial charge on any atom is -0.383 e. The third kappa shape index (κ3) is 4.71. The number of piperidine rings is 1. The van der Waals surface area contributed by atoms with Crippen LogP contribution in [0.2, 0.25) is 0 Å². The maximum atomic E-state index is 5.45. The summed E-state index contributed by atoms with van der Waals surface area (Å²) >= 11 is 5.45. The molecule has 0 aromatic rings. The molecule has 1 fully saturated rings. The first-order chi connectivity index (χ1) is 8.58. The third-order valence-electron chi connectivity index (χ3n) is 3.66. The topological polar surface area (TPSA) is 27.7 Å². The lowest BCUT2D eigenvalue weighted by molar-refractivity contribution is 0.163. The number of hydrogen-bond acceptors (Lipinski definition) is 3. The highest BCUT2D eigenvalue weighted by Gasteiger charge is 2.23. The molecule has 0 bridgehead atoms. The Balaban J connectivity index is 2.35. The summed E-state index contributed by atoms with van der Waals surface area (Å²) in [6.45, 7) is 8.52. The molecule has 0 saturated carbocycles. The van der Waals surface area contributed by atoms with Crippen molar-refractivity contribution in [1.82, 2.24) is 15.1 Å². The Kier molecular flexibility index (Phi) is 6.89. The molecule has 0 radical (unpaired) electrons. The zero-order valence-corrected chi connectivity index (χ0v) is 12.9. The minimum absolute atomic E-state index is 0.265. The summed E-state index contributed by atoms with van der Waals surface area (Å²) in [5.74, 6) is 0. The van der Waals surface area contributed by atoms with Gasteiger partial charge in [0, 0.05) is 39.3 Å². The molecule has 1 aliphatic rings. The third-order valence-corrected chi connectivity index (χ3v) is 4.06. The molecular formula is C13H27N3OS. The summed E-state index contributed by atoms with van der Waals surface area (Å²) in [6, 6.07) is 0.836. The number of thiocarbonyl (C=S) groups is 1. The molecule has 1 saturated heterocycles. The van der Waals surface area contributed by atoms with Crippen LogP contribution < -0.4 is 5.32 Å². The van der Waals surface area contributed by atoms with Crippen molar-refractivity contribution in [2.24, 2.45) is 0 Å². The summed E-state index contributed by atoms with van der Waals surface area (Å²) in [4.78, 5) is 4.71. The van der Waals surface area contributed by atoms with E-state index in [9.17, 15) is 0 Å². The molecule has 0 aromatic carbocycles. The molecule has 0 spiro atoms. The van der Waals surface area contributed by atoms with Gasteiger partial charge in [-0.2, -0.15) is 0 Å². The van der Waals surface area contributed by atoms with E-state index in [0.717, 1.165) is 11.7 Å². The van der Waals surface area contributed by atoms with Crippen LogP contribution in [0.15, 0.2) is 0 Å². The van der Waals surface area contributed by atoms with Crippen LogP contribution in [0, 0.1) is 0 Å². The summed E-state index contributed by atoms with van der Waals surface area (Å²) in [6.07, 6.45) is 2.40. The van der Waals surface area contributed by atoms with Gasteiger partial charge in [0.25, 0.3) is 0 Å². The van der Waals surface area contributed by atoms with Crippen LogP contribution in [0.5, 0.6) is 0 Å². The van der Waals surface area contributed by atoms with Crippen LogP contribution in [-0.2, 0) is 4.74 Å². The van der Waals surface area contributed by atoms with Crippen LogP contribution in [0.3, 0.4) is 0 Å². The fourth-order valence-electron chi connectivity index (χ4n) is 2.39. The molecule has 106 valence electrons. The molecule has 0 aromatic heterocycles. The van der Waals surface area contributed by atoms with Gasteiger partial charge in [-0.05, 0) is 38.5 Å². The Morgan fingerprint density at radius 1 is 1.50 bits per heavy atom. The molecular weight excluding hydrogens is 246 g/mol. The van der Waals surface area contributed by atoms with Gasteiger partial charge in [0.1, 0.15) is 0 Å². The van der Waals surface area contributed by atoms with Crippen LogP contribution in [0.1, 0.15) is 26.7 Å². The SMILES string of the molecule is CCN1CCC(N(C)C(=S)NC(C)COC)CC1. The van der Waals surface area contributed by atoms with E-state index in [1.54, 1.807) is 7.11 Å². The van der Waals surface area contributed by atoms with Crippen molar-refractivity contribution >= 4 is 17.3 Å². The van der Waals surface area contributed by atoms with E-state index in [4.69, 9.17) is 17.0 Å². The van der Waals surface area contributed by atoms with Crippen molar-refractivity contribution in [3.8, 4) is 0 Å². The Labute approximate surface area is 117 Å². The lowest BCUT2D eigenvalue weighted by atomic mass is 10.0. The van der Waals surface area contributed by atoms with E-state index in [1.807, 2.05) is 0 Å². The van der Waals surface area contributed by atoms with E-state index < -0.39 is 0 Å². The summed E-state index contributed by atoms with van der Waals surface area (Å²) in [7, 11) is 3.81. The monoisotopic (exact) mass is 273 g/mol. The van der Waals surface area contributed by atoms with Crippen LogP contribution in [-0.4, -0.2) is 67.4 Å². The number of nitrogens with zero attached hydrogens (tertiary/aromatic N) is 2. The lowest BCUT2D eigenvalue weighted by Crippen LogP contribution is -2.50. The predicted octanol–water partition coefficient (Wildman–Crippen LogP) is 1.31. The largest absolute Gasteiger partial charge is 0.383 e. The summed E-state index contributed by atoms with van der Waals surface area (Å²) in [5, 5.41) is 4.16. The van der Waals surface area contributed by atoms with Crippen LogP contribution in [0.25, 0.3) is 0 Å². The molecule has 1 heterocycles. The van der Waals surface area contributed by atoms with Crippen LogP contribution in [0.4, 0.5) is 0 Å². The Bertz CT molecular complexity index is 255.